The van der Waals surface area contributed by atoms with Gasteiger partial charge in [-0.1, -0.05) is 30.3 Å². The number of likely N-dealkylation sites (tertiary alicyclic amines) is 1. The van der Waals surface area contributed by atoms with Crippen LogP contribution in [0.1, 0.15) is 39.2 Å². The van der Waals surface area contributed by atoms with Gasteiger partial charge in [0.05, 0.1) is 0 Å². The summed E-state index contributed by atoms with van der Waals surface area (Å²) in [5.41, 5.74) is 0.430. The Morgan fingerprint density at radius 3 is 2.35 bits per heavy atom. The third-order valence-corrected chi connectivity index (χ3v) is 3.69. The van der Waals surface area contributed by atoms with Crippen LogP contribution >= 0.6 is 0 Å². The van der Waals surface area contributed by atoms with Crippen LogP contribution in [0.2, 0.25) is 0 Å². The van der Waals surface area contributed by atoms with E-state index >= 15 is 0 Å². The van der Waals surface area contributed by atoms with Crippen molar-refractivity contribution in [2.75, 3.05) is 13.1 Å². The average Bonchev–Trinajstić information content (AvgIpc) is 2.99. The van der Waals surface area contributed by atoms with Gasteiger partial charge >= 0.3 is 6.09 Å². The van der Waals surface area contributed by atoms with Crippen LogP contribution in [0.25, 0.3) is 0 Å². The monoisotopic (exact) mass is 318 g/mol. The highest BCUT2D eigenvalue weighted by molar-refractivity contribution is 5.86. The molecule has 0 aliphatic carbocycles. The molecule has 5 heteroatoms. The molecule has 1 atom stereocenters. The van der Waals surface area contributed by atoms with Crippen molar-refractivity contribution in [2.45, 2.75) is 51.7 Å². The lowest BCUT2D eigenvalue weighted by molar-refractivity contribution is -0.132. The summed E-state index contributed by atoms with van der Waals surface area (Å²) in [7, 11) is 0. The lowest BCUT2D eigenvalue weighted by atomic mass is 10.0. The highest BCUT2D eigenvalue weighted by Gasteiger charge is 2.29. The van der Waals surface area contributed by atoms with Crippen molar-refractivity contribution in [2.24, 2.45) is 0 Å². The molecule has 0 spiro atoms. The quantitative estimate of drug-likeness (QED) is 0.928. The molecule has 2 amide bonds. The predicted octanol–water partition coefficient (Wildman–Crippen LogP) is 2.74. The predicted molar refractivity (Wildman–Crippen MR) is 89.1 cm³/mol. The van der Waals surface area contributed by atoms with Gasteiger partial charge in [0, 0.05) is 19.5 Å². The van der Waals surface area contributed by atoms with Crippen LogP contribution in [-0.2, 0) is 16.0 Å². The van der Waals surface area contributed by atoms with Gasteiger partial charge in [-0.05, 0) is 39.2 Å². The van der Waals surface area contributed by atoms with E-state index in [-0.39, 0.29) is 5.91 Å². The van der Waals surface area contributed by atoms with E-state index in [1.54, 1.807) is 20.8 Å². The van der Waals surface area contributed by atoms with E-state index in [0.717, 1.165) is 31.5 Å². The summed E-state index contributed by atoms with van der Waals surface area (Å²) in [5, 5.41) is 2.75. The van der Waals surface area contributed by atoms with Crippen LogP contribution in [0.4, 0.5) is 4.79 Å². The molecule has 1 aromatic rings. The molecule has 1 aliphatic heterocycles. The number of carbonyl (C=O) groups is 2. The van der Waals surface area contributed by atoms with Crippen LogP contribution in [-0.4, -0.2) is 41.6 Å². The van der Waals surface area contributed by atoms with Crippen LogP contribution in [0.15, 0.2) is 30.3 Å². The number of amides is 2. The average molecular weight is 318 g/mol. The number of nitrogens with one attached hydrogen (secondary N) is 1. The summed E-state index contributed by atoms with van der Waals surface area (Å²) in [6.45, 7) is 6.95. The van der Waals surface area contributed by atoms with E-state index in [1.807, 2.05) is 35.2 Å². The minimum absolute atomic E-state index is 0.0304. The highest BCUT2D eigenvalue weighted by Crippen LogP contribution is 2.13. The summed E-state index contributed by atoms with van der Waals surface area (Å²) in [4.78, 5) is 26.6. The fraction of sp³-hybridized carbons (Fsp3) is 0.556. The summed E-state index contributed by atoms with van der Waals surface area (Å²) in [6, 6.07) is 9.12. The van der Waals surface area contributed by atoms with E-state index in [1.165, 1.54) is 0 Å². The number of carbonyl (C=O) groups excluding carboxylic acids is 2. The molecule has 0 aromatic heterocycles. The molecular formula is C18H26N2O3. The first-order chi connectivity index (χ1) is 10.8. The molecule has 1 aliphatic rings. The summed E-state index contributed by atoms with van der Waals surface area (Å²) in [6.07, 6.45) is 1.97. The maximum Gasteiger partial charge on any atom is 0.408 e. The Hall–Kier alpha value is -2.04. The Bertz CT molecular complexity index is 531. The van der Waals surface area contributed by atoms with Gasteiger partial charge in [0.25, 0.3) is 0 Å². The maximum atomic E-state index is 12.7. The molecule has 1 fully saturated rings. The first-order valence-corrected chi connectivity index (χ1v) is 8.17. The van der Waals surface area contributed by atoms with E-state index in [2.05, 4.69) is 5.32 Å². The molecule has 1 heterocycles. The van der Waals surface area contributed by atoms with Crippen LogP contribution in [0.5, 0.6) is 0 Å². The van der Waals surface area contributed by atoms with Crippen LogP contribution in [0.3, 0.4) is 0 Å². The molecule has 126 valence electrons. The van der Waals surface area contributed by atoms with Gasteiger partial charge in [-0.2, -0.15) is 0 Å². The van der Waals surface area contributed by atoms with Crippen molar-refractivity contribution in [3.05, 3.63) is 35.9 Å². The van der Waals surface area contributed by atoms with Crippen LogP contribution in [0, 0.1) is 0 Å². The van der Waals surface area contributed by atoms with Gasteiger partial charge in [-0.15, -0.1) is 0 Å². The van der Waals surface area contributed by atoms with Gasteiger partial charge in [0.2, 0.25) is 5.91 Å². The van der Waals surface area contributed by atoms with Crippen molar-refractivity contribution >= 4 is 12.0 Å². The highest BCUT2D eigenvalue weighted by atomic mass is 16.6. The Balaban J connectivity index is 2.07. The van der Waals surface area contributed by atoms with E-state index < -0.39 is 17.7 Å². The Kier molecular flexibility index (Phi) is 5.64. The van der Waals surface area contributed by atoms with Crippen molar-refractivity contribution in [1.82, 2.24) is 10.2 Å². The molecule has 0 bridgehead atoms. The number of hydrogen-bond donors (Lipinski definition) is 1. The lowest BCUT2D eigenvalue weighted by Crippen LogP contribution is -2.50. The second-order valence-electron chi connectivity index (χ2n) is 6.92. The van der Waals surface area contributed by atoms with Gasteiger partial charge in [0.15, 0.2) is 0 Å². The third-order valence-electron chi connectivity index (χ3n) is 3.69. The smallest absolute Gasteiger partial charge is 0.408 e. The van der Waals surface area contributed by atoms with Crippen molar-refractivity contribution in [3.8, 4) is 0 Å². The number of ether oxygens (including phenoxy) is 1. The normalized spacial score (nSPS) is 16.0. The Morgan fingerprint density at radius 2 is 1.78 bits per heavy atom. The maximum absolute atomic E-state index is 12.7. The zero-order valence-electron chi connectivity index (χ0n) is 14.2. The summed E-state index contributed by atoms with van der Waals surface area (Å²) in [5.74, 6) is -0.0304. The first-order valence-electron chi connectivity index (χ1n) is 8.17. The number of hydrogen-bond acceptors (Lipinski definition) is 3. The minimum atomic E-state index is -0.592. The molecule has 1 aromatic carbocycles. The Morgan fingerprint density at radius 1 is 1.17 bits per heavy atom. The summed E-state index contributed by atoms with van der Waals surface area (Å²) >= 11 is 0. The van der Waals surface area contributed by atoms with Gasteiger partial charge in [-0.3, -0.25) is 4.79 Å². The van der Waals surface area contributed by atoms with E-state index in [9.17, 15) is 9.59 Å². The minimum Gasteiger partial charge on any atom is -0.444 e. The van der Waals surface area contributed by atoms with Gasteiger partial charge in [0.1, 0.15) is 11.6 Å². The van der Waals surface area contributed by atoms with Crippen molar-refractivity contribution < 1.29 is 14.3 Å². The number of benzene rings is 1. The van der Waals surface area contributed by atoms with Gasteiger partial charge in [-0.25, -0.2) is 4.79 Å². The fourth-order valence-electron chi connectivity index (χ4n) is 2.66. The number of rotatable bonds is 4. The zero-order chi connectivity index (χ0) is 16.9. The first kappa shape index (κ1) is 17.3. The standard InChI is InChI=1S/C18H26N2O3/c1-18(2,3)23-17(22)19-15(13-14-9-5-4-6-10-14)16(21)20-11-7-8-12-20/h4-6,9-10,15H,7-8,11-13H2,1-3H3,(H,19,22)/t15-/m0/s1. The van der Waals surface area contributed by atoms with Gasteiger partial charge < -0.3 is 15.0 Å². The largest absolute Gasteiger partial charge is 0.444 e. The number of alkyl carbamates (subject to hydrolysis) is 1. The topological polar surface area (TPSA) is 58.6 Å². The second-order valence-corrected chi connectivity index (χ2v) is 6.92. The van der Waals surface area contributed by atoms with Crippen LogP contribution < -0.4 is 5.32 Å². The molecule has 2 rings (SSSR count). The van der Waals surface area contributed by atoms with Crippen molar-refractivity contribution in [1.29, 1.82) is 0 Å². The molecule has 0 radical (unpaired) electrons. The van der Waals surface area contributed by atoms with E-state index in [4.69, 9.17) is 4.74 Å². The zero-order valence-corrected chi connectivity index (χ0v) is 14.2. The number of nitrogens with zero attached hydrogens (tertiary/aromatic N) is 1. The third kappa shape index (κ3) is 5.58. The molecule has 1 N–H and O–H groups in total. The fourth-order valence-corrected chi connectivity index (χ4v) is 2.66. The SMILES string of the molecule is CC(C)(C)OC(=O)N[C@@H](Cc1ccccc1)C(=O)N1CCCC1. The molecule has 1 saturated heterocycles. The second kappa shape index (κ2) is 7.49. The van der Waals surface area contributed by atoms with Crippen molar-refractivity contribution in [3.63, 3.8) is 0 Å². The molecule has 23 heavy (non-hydrogen) atoms. The van der Waals surface area contributed by atoms with E-state index in [0.29, 0.717) is 6.42 Å². The molecule has 5 nitrogen and oxygen atoms in total. The summed E-state index contributed by atoms with van der Waals surface area (Å²) < 4.78 is 5.30. The molecule has 0 unspecified atom stereocenters. The molecule has 0 saturated carbocycles. The lowest BCUT2D eigenvalue weighted by Gasteiger charge is -2.26. The molecular weight excluding hydrogens is 292 g/mol. The Labute approximate surface area is 138 Å².